The van der Waals surface area contributed by atoms with Crippen molar-refractivity contribution in [2.75, 3.05) is 4.90 Å². The van der Waals surface area contributed by atoms with Crippen LogP contribution >= 0.6 is 11.3 Å². The number of hydrogen-bond acceptors (Lipinski definition) is 2. The van der Waals surface area contributed by atoms with E-state index < -0.39 is 0 Å². The largest absolute Gasteiger partial charge is 0.311 e. The molecular formula is C56H38N2S. The van der Waals surface area contributed by atoms with Gasteiger partial charge in [0.2, 0.25) is 0 Å². The second-order valence-corrected chi connectivity index (χ2v) is 15.9. The van der Waals surface area contributed by atoms with E-state index in [1.807, 2.05) is 11.3 Å². The summed E-state index contributed by atoms with van der Waals surface area (Å²) >= 11 is 1.90. The van der Waals surface area contributed by atoms with Crippen molar-refractivity contribution in [3.8, 4) is 55.6 Å². The summed E-state index contributed by atoms with van der Waals surface area (Å²) in [5.41, 5.74) is 18.1. The Balaban J connectivity index is 0.986. The fourth-order valence-electron chi connectivity index (χ4n) is 8.59. The van der Waals surface area contributed by atoms with E-state index in [4.69, 9.17) is 0 Å². The van der Waals surface area contributed by atoms with Crippen molar-refractivity contribution in [2.24, 2.45) is 0 Å². The number of anilines is 3. The van der Waals surface area contributed by atoms with Gasteiger partial charge in [-0.25, -0.2) is 0 Å². The van der Waals surface area contributed by atoms with Gasteiger partial charge in [-0.05, 0) is 81.4 Å². The van der Waals surface area contributed by atoms with Crippen LogP contribution in [0, 0.1) is 0 Å². The van der Waals surface area contributed by atoms with Crippen LogP contribution in [0.5, 0.6) is 0 Å². The number of rotatable bonds is 8. The third-order valence-electron chi connectivity index (χ3n) is 11.4. The van der Waals surface area contributed by atoms with E-state index in [1.165, 1.54) is 81.6 Å². The Kier molecular flexibility index (Phi) is 8.72. The standard InChI is InChI=1S/C56H38N2S/c1-5-15-39(16-6-1)41-29-33-47(34-30-41)57(46-21-11-4-12-22-46)48-35-31-42(32-36-48)40-25-27-44(28-26-40)49-37-38-50(43-17-7-2-8-18-43)55-54(49)58-52-24-14-13-23-51(52)53(56(58)59-55)45-19-9-3-10-20-45/h1-38H. The molecule has 0 aliphatic carbocycles. The van der Waals surface area contributed by atoms with E-state index in [0.717, 1.165) is 17.1 Å². The van der Waals surface area contributed by atoms with Crippen LogP contribution in [-0.4, -0.2) is 4.40 Å². The molecule has 0 N–H and O–H groups in total. The Morgan fingerprint density at radius 2 is 0.729 bits per heavy atom. The highest BCUT2D eigenvalue weighted by atomic mass is 32.1. The van der Waals surface area contributed by atoms with Gasteiger partial charge in [0, 0.05) is 39.1 Å². The van der Waals surface area contributed by atoms with Gasteiger partial charge in [-0.2, -0.15) is 0 Å². The summed E-state index contributed by atoms with van der Waals surface area (Å²) in [5.74, 6) is 0. The molecule has 2 nitrogen and oxygen atoms in total. The van der Waals surface area contributed by atoms with Gasteiger partial charge in [-0.15, -0.1) is 11.3 Å². The molecule has 278 valence electrons. The van der Waals surface area contributed by atoms with Crippen molar-refractivity contribution >= 4 is 54.3 Å². The van der Waals surface area contributed by atoms with E-state index in [2.05, 4.69) is 240 Å². The molecule has 0 atom stereocenters. The average Bonchev–Trinajstić information content (AvgIpc) is 3.86. The molecule has 0 unspecified atom stereocenters. The van der Waals surface area contributed by atoms with Crippen molar-refractivity contribution in [3.63, 3.8) is 0 Å². The van der Waals surface area contributed by atoms with E-state index >= 15 is 0 Å². The van der Waals surface area contributed by atoms with Gasteiger partial charge in [0.1, 0.15) is 4.83 Å². The summed E-state index contributed by atoms with van der Waals surface area (Å²) < 4.78 is 3.81. The van der Waals surface area contributed by atoms with Crippen LogP contribution in [0.3, 0.4) is 0 Å². The summed E-state index contributed by atoms with van der Waals surface area (Å²) in [6.45, 7) is 0. The number of hydrogen-bond donors (Lipinski definition) is 0. The van der Waals surface area contributed by atoms with Crippen molar-refractivity contribution in [1.29, 1.82) is 0 Å². The van der Waals surface area contributed by atoms with Crippen LogP contribution in [0.1, 0.15) is 0 Å². The number of benzene rings is 9. The summed E-state index contributed by atoms with van der Waals surface area (Å²) in [6.07, 6.45) is 0. The lowest BCUT2D eigenvalue weighted by Crippen LogP contribution is -2.09. The lowest BCUT2D eigenvalue weighted by molar-refractivity contribution is 1.28. The predicted octanol–water partition coefficient (Wildman–Crippen LogP) is 16.1. The predicted molar refractivity (Wildman–Crippen MR) is 252 cm³/mol. The SMILES string of the molecule is c1ccc(-c2ccc(N(c3ccccc3)c3ccc(-c4ccc(-c5ccc(-c6ccccc6)c6sc7c(-c8ccccc8)c8ccccc8n7c56)cc4)cc3)cc2)cc1. The molecule has 0 saturated heterocycles. The monoisotopic (exact) mass is 770 g/mol. The summed E-state index contributed by atoms with van der Waals surface area (Å²) in [4.78, 5) is 3.59. The first kappa shape index (κ1) is 34.8. The Morgan fingerprint density at radius 1 is 0.322 bits per heavy atom. The normalized spacial score (nSPS) is 11.4. The molecule has 9 aromatic carbocycles. The Bertz CT molecular complexity index is 3200. The maximum absolute atomic E-state index is 2.51. The molecule has 3 heteroatoms. The second kappa shape index (κ2) is 14.8. The Labute approximate surface area is 348 Å². The molecule has 2 heterocycles. The number of aromatic nitrogens is 1. The zero-order valence-electron chi connectivity index (χ0n) is 32.2. The third kappa shape index (κ3) is 6.20. The minimum Gasteiger partial charge on any atom is -0.311 e. The molecule has 0 radical (unpaired) electrons. The highest BCUT2D eigenvalue weighted by molar-refractivity contribution is 7.25. The van der Waals surface area contributed by atoms with Crippen molar-refractivity contribution in [1.82, 2.24) is 4.40 Å². The quantitative estimate of drug-likeness (QED) is 0.149. The molecule has 59 heavy (non-hydrogen) atoms. The van der Waals surface area contributed by atoms with Crippen molar-refractivity contribution in [2.45, 2.75) is 0 Å². The Hall–Kier alpha value is -7.46. The average molecular weight is 771 g/mol. The second-order valence-electron chi connectivity index (χ2n) is 14.9. The number of fused-ring (bicyclic) bond motifs is 5. The van der Waals surface area contributed by atoms with Crippen LogP contribution in [0.2, 0.25) is 0 Å². The molecule has 0 aliphatic heterocycles. The van der Waals surface area contributed by atoms with Crippen LogP contribution in [-0.2, 0) is 0 Å². The van der Waals surface area contributed by atoms with Crippen LogP contribution in [0.15, 0.2) is 231 Å². The maximum Gasteiger partial charge on any atom is 0.109 e. The fourth-order valence-corrected chi connectivity index (χ4v) is 9.99. The van der Waals surface area contributed by atoms with Crippen molar-refractivity contribution in [3.05, 3.63) is 231 Å². The number of nitrogens with zero attached hydrogens (tertiary/aromatic N) is 2. The highest BCUT2D eigenvalue weighted by Crippen LogP contribution is 2.47. The van der Waals surface area contributed by atoms with Gasteiger partial charge < -0.3 is 4.90 Å². The molecule has 0 fully saturated rings. The molecule has 0 bridgehead atoms. The van der Waals surface area contributed by atoms with Gasteiger partial charge >= 0.3 is 0 Å². The van der Waals surface area contributed by atoms with Crippen LogP contribution in [0.25, 0.3) is 81.6 Å². The van der Waals surface area contributed by atoms with Crippen LogP contribution < -0.4 is 4.90 Å². The first-order chi connectivity index (χ1) is 29.3. The van der Waals surface area contributed by atoms with Gasteiger partial charge in [0.15, 0.2) is 0 Å². The smallest absolute Gasteiger partial charge is 0.109 e. The molecule has 0 saturated carbocycles. The van der Waals surface area contributed by atoms with Gasteiger partial charge in [-0.1, -0.05) is 188 Å². The molecule has 11 aromatic rings. The van der Waals surface area contributed by atoms with Gasteiger partial charge in [0.25, 0.3) is 0 Å². The summed E-state index contributed by atoms with van der Waals surface area (Å²) in [7, 11) is 0. The molecule has 11 rings (SSSR count). The van der Waals surface area contributed by atoms with E-state index in [0.29, 0.717) is 0 Å². The minimum absolute atomic E-state index is 1.11. The van der Waals surface area contributed by atoms with Crippen LogP contribution in [0.4, 0.5) is 17.1 Å². The summed E-state index contributed by atoms with van der Waals surface area (Å²) in [6, 6.07) is 83.2. The van der Waals surface area contributed by atoms with E-state index in [9.17, 15) is 0 Å². The number of thiazole rings is 1. The molecule has 0 spiro atoms. The topological polar surface area (TPSA) is 7.65 Å². The lowest BCUT2D eigenvalue weighted by Gasteiger charge is -2.26. The molecule has 0 aliphatic rings. The summed E-state index contributed by atoms with van der Waals surface area (Å²) in [5, 5.41) is 1.27. The fraction of sp³-hybridized carbons (Fsp3) is 0. The number of para-hydroxylation sites is 2. The minimum atomic E-state index is 1.11. The molecule has 2 aromatic heterocycles. The maximum atomic E-state index is 2.51. The molecular weight excluding hydrogens is 733 g/mol. The highest BCUT2D eigenvalue weighted by Gasteiger charge is 2.22. The van der Waals surface area contributed by atoms with E-state index in [-0.39, 0.29) is 0 Å². The van der Waals surface area contributed by atoms with E-state index in [1.54, 1.807) is 0 Å². The first-order valence-corrected chi connectivity index (χ1v) is 20.9. The third-order valence-corrected chi connectivity index (χ3v) is 12.6. The molecule has 0 amide bonds. The Morgan fingerprint density at radius 3 is 1.32 bits per heavy atom. The lowest BCUT2D eigenvalue weighted by atomic mass is 9.96. The zero-order valence-corrected chi connectivity index (χ0v) is 33.1. The first-order valence-electron chi connectivity index (χ1n) is 20.1. The van der Waals surface area contributed by atoms with Crippen molar-refractivity contribution < 1.29 is 0 Å². The van der Waals surface area contributed by atoms with Gasteiger partial charge in [-0.3, -0.25) is 4.40 Å². The zero-order chi connectivity index (χ0) is 39.1. The van der Waals surface area contributed by atoms with Gasteiger partial charge in [0.05, 0.1) is 15.7 Å².